The molecular formula is C13H16N3OS+. The molecule has 0 spiro atoms. The summed E-state index contributed by atoms with van der Waals surface area (Å²) in [6.07, 6.45) is 9.06. The number of nitrogens with zero attached hydrogens (tertiary/aromatic N) is 3. The number of aromatic nitrogens is 3. The molecule has 0 aliphatic rings. The van der Waals surface area contributed by atoms with Crippen molar-refractivity contribution in [3.63, 3.8) is 0 Å². The first-order valence-electron chi connectivity index (χ1n) is 5.87. The van der Waals surface area contributed by atoms with Crippen molar-refractivity contribution in [2.45, 2.75) is 13.3 Å². The van der Waals surface area contributed by atoms with Gasteiger partial charge in [-0.1, -0.05) is 19.1 Å². The van der Waals surface area contributed by atoms with Gasteiger partial charge in [0.15, 0.2) is 18.1 Å². The van der Waals surface area contributed by atoms with Crippen molar-refractivity contribution in [2.24, 2.45) is 7.05 Å². The number of allylic oxidation sites excluding steroid dienone is 1. The standard InChI is InChI=1S/C13H16N3OS/c1-3-4-5-9-17-13-12(14-18-15-13)11-7-6-8-16(2)10-11/h4-8,10H,3,9H2,1-2H3/q+1/b5-4+. The molecule has 0 amide bonds. The van der Waals surface area contributed by atoms with Crippen LogP contribution in [0.3, 0.4) is 0 Å². The van der Waals surface area contributed by atoms with Crippen LogP contribution in [-0.2, 0) is 7.05 Å². The normalized spacial score (nSPS) is 11.0. The molecule has 5 heteroatoms. The third-order valence-corrected chi connectivity index (χ3v) is 2.90. The van der Waals surface area contributed by atoms with E-state index in [4.69, 9.17) is 4.74 Å². The lowest BCUT2D eigenvalue weighted by atomic mass is 10.2. The van der Waals surface area contributed by atoms with Gasteiger partial charge in [-0.25, -0.2) is 4.57 Å². The van der Waals surface area contributed by atoms with Crippen LogP contribution in [0.1, 0.15) is 13.3 Å². The van der Waals surface area contributed by atoms with Crippen LogP contribution in [0.15, 0.2) is 36.7 Å². The summed E-state index contributed by atoms with van der Waals surface area (Å²) in [4.78, 5) is 0. The van der Waals surface area contributed by atoms with E-state index >= 15 is 0 Å². The van der Waals surface area contributed by atoms with Crippen molar-refractivity contribution < 1.29 is 9.30 Å². The number of hydrogen-bond donors (Lipinski definition) is 0. The summed E-state index contributed by atoms with van der Waals surface area (Å²) in [5.41, 5.74) is 1.82. The summed E-state index contributed by atoms with van der Waals surface area (Å²) >= 11 is 1.17. The maximum absolute atomic E-state index is 5.61. The molecule has 2 aromatic rings. The van der Waals surface area contributed by atoms with E-state index < -0.39 is 0 Å². The number of ether oxygens (including phenoxy) is 1. The lowest BCUT2D eigenvalue weighted by Crippen LogP contribution is -2.26. The second-order valence-corrected chi connectivity index (χ2v) is 4.40. The quantitative estimate of drug-likeness (QED) is 0.613. The third-order valence-electron chi connectivity index (χ3n) is 2.39. The second kappa shape index (κ2) is 6.26. The minimum absolute atomic E-state index is 0.533. The van der Waals surface area contributed by atoms with E-state index in [1.54, 1.807) is 0 Å². The summed E-state index contributed by atoms with van der Waals surface area (Å²) in [5.74, 6) is 0.604. The highest BCUT2D eigenvalue weighted by atomic mass is 32.1. The molecule has 0 fully saturated rings. The van der Waals surface area contributed by atoms with Crippen molar-refractivity contribution in [3.05, 3.63) is 36.7 Å². The van der Waals surface area contributed by atoms with Crippen LogP contribution in [-0.4, -0.2) is 15.4 Å². The fraction of sp³-hybridized carbons (Fsp3) is 0.308. The maximum Gasteiger partial charge on any atom is 0.254 e. The summed E-state index contributed by atoms with van der Waals surface area (Å²) in [6.45, 7) is 2.63. The molecule has 0 saturated carbocycles. The Balaban J connectivity index is 2.15. The number of rotatable bonds is 5. The predicted octanol–water partition coefficient (Wildman–Crippen LogP) is 2.37. The topological polar surface area (TPSA) is 38.9 Å². The first-order valence-corrected chi connectivity index (χ1v) is 6.60. The predicted molar refractivity (Wildman–Crippen MR) is 71.4 cm³/mol. The highest BCUT2D eigenvalue weighted by molar-refractivity contribution is 6.99. The van der Waals surface area contributed by atoms with Gasteiger partial charge >= 0.3 is 0 Å². The Kier molecular flexibility index (Phi) is 4.41. The number of aryl methyl sites for hydroxylation is 1. The van der Waals surface area contributed by atoms with Crippen LogP contribution < -0.4 is 9.30 Å². The summed E-state index contributed by atoms with van der Waals surface area (Å²) in [6, 6.07) is 3.99. The largest absolute Gasteiger partial charge is 0.471 e. The molecule has 2 aromatic heterocycles. The van der Waals surface area contributed by atoms with Gasteiger partial charge in [0.25, 0.3) is 5.88 Å². The summed E-state index contributed by atoms with van der Waals surface area (Å²) < 4.78 is 16.1. The third kappa shape index (κ3) is 3.13. The van der Waals surface area contributed by atoms with E-state index in [0.29, 0.717) is 12.5 Å². The van der Waals surface area contributed by atoms with E-state index in [9.17, 15) is 0 Å². The van der Waals surface area contributed by atoms with Crippen LogP contribution in [0.2, 0.25) is 0 Å². The smallest absolute Gasteiger partial charge is 0.254 e. The second-order valence-electron chi connectivity index (χ2n) is 3.87. The first kappa shape index (κ1) is 12.7. The highest BCUT2D eigenvalue weighted by Crippen LogP contribution is 2.26. The first-order chi connectivity index (χ1) is 8.81. The van der Waals surface area contributed by atoms with E-state index in [1.807, 2.05) is 42.2 Å². The molecule has 0 bridgehead atoms. The van der Waals surface area contributed by atoms with E-state index in [1.165, 1.54) is 11.7 Å². The average molecular weight is 262 g/mol. The van der Waals surface area contributed by atoms with Crippen molar-refractivity contribution in [2.75, 3.05) is 6.61 Å². The lowest BCUT2D eigenvalue weighted by Gasteiger charge is -2.01. The average Bonchev–Trinajstić information content (AvgIpc) is 2.83. The van der Waals surface area contributed by atoms with Crippen molar-refractivity contribution in [1.82, 2.24) is 8.75 Å². The molecular weight excluding hydrogens is 246 g/mol. The molecule has 0 N–H and O–H groups in total. The van der Waals surface area contributed by atoms with Crippen molar-refractivity contribution >= 4 is 11.7 Å². The van der Waals surface area contributed by atoms with Crippen molar-refractivity contribution in [3.8, 4) is 17.1 Å². The van der Waals surface area contributed by atoms with Crippen LogP contribution >= 0.6 is 11.7 Å². The van der Waals surface area contributed by atoms with Gasteiger partial charge in [0.05, 0.1) is 17.3 Å². The zero-order valence-electron chi connectivity index (χ0n) is 10.5. The molecule has 0 unspecified atom stereocenters. The molecule has 18 heavy (non-hydrogen) atoms. The fourth-order valence-corrected chi connectivity index (χ4v) is 2.06. The SMILES string of the molecule is CC/C=C/COc1nsnc1-c1ccc[n+](C)c1. The molecule has 2 rings (SSSR count). The molecule has 4 nitrogen and oxygen atoms in total. The van der Waals surface area contributed by atoms with Gasteiger partial charge in [-0.15, -0.1) is 4.37 Å². The molecule has 0 saturated heterocycles. The van der Waals surface area contributed by atoms with Gasteiger partial charge in [-0.2, -0.15) is 4.37 Å². The minimum atomic E-state index is 0.533. The Bertz CT molecular complexity index is 537. The number of pyridine rings is 1. The van der Waals surface area contributed by atoms with Gasteiger partial charge in [-0.05, 0) is 12.5 Å². The molecule has 94 valence electrons. The number of hydrogen-bond acceptors (Lipinski definition) is 4. The Labute approximate surface area is 111 Å². The maximum atomic E-state index is 5.61. The van der Waals surface area contributed by atoms with Gasteiger partial charge in [-0.3, -0.25) is 0 Å². The minimum Gasteiger partial charge on any atom is -0.471 e. The monoisotopic (exact) mass is 262 g/mol. The summed E-state index contributed by atoms with van der Waals surface area (Å²) in [7, 11) is 1.98. The van der Waals surface area contributed by atoms with E-state index in [-0.39, 0.29) is 0 Å². The molecule has 0 atom stereocenters. The Morgan fingerprint density at radius 3 is 3.06 bits per heavy atom. The van der Waals surface area contributed by atoms with E-state index in [0.717, 1.165) is 17.7 Å². The molecule has 2 heterocycles. The van der Waals surface area contributed by atoms with Gasteiger partial charge in [0.1, 0.15) is 13.7 Å². The van der Waals surface area contributed by atoms with E-state index in [2.05, 4.69) is 21.7 Å². The highest BCUT2D eigenvalue weighted by Gasteiger charge is 2.13. The Morgan fingerprint density at radius 2 is 2.28 bits per heavy atom. The van der Waals surface area contributed by atoms with Gasteiger partial charge in [0, 0.05) is 6.07 Å². The molecule has 0 aromatic carbocycles. The Hall–Kier alpha value is -1.75. The zero-order valence-corrected chi connectivity index (χ0v) is 11.4. The summed E-state index contributed by atoms with van der Waals surface area (Å²) in [5, 5.41) is 0. The fourth-order valence-electron chi connectivity index (χ4n) is 1.54. The van der Waals surface area contributed by atoms with Crippen LogP contribution in [0.4, 0.5) is 0 Å². The molecule has 0 aliphatic heterocycles. The molecule has 0 radical (unpaired) electrons. The van der Waals surface area contributed by atoms with Crippen LogP contribution in [0, 0.1) is 0 Å². The van der Waals surface area contributed by atoms with Gasteiger partial charge < -0.3 is 4.74 Å². The molecule has 0 aliphatic carbocycles. The zero-order chi connectivity index (χ0) is 12.8. The lowest BCUT2D eigenvalue weighted by molar-refractivity contribution is -0.671. The van der Waals surface area contributed by atoms with Gasteiger partial charge in [0.2, 0.25) is 0 Å². The Morgan fingerprint density at radius 1 is 1.39 bits per heavy atom. The van der Waals surface area contributed by atoms with Crippen molar-refractivity contribution in [1.29, 1.82) is 0 Å². The van der Waals surface area contributed by atoms with Crippen LogP contribution in [0.25, 0.3) is 11.3 Å². The van der Waals surface area contributed by atoms with Crippen LogP contribution in [0.5, 0.6) is 5.88 Å².